The maximum atomic E-state index is 12.7. The number of urea groups is 1. The molecule has 0 aliphatic carbocycles. The summed E-state index contributed by atoms with van der Waals surface area (Å²) in [7, 11) is -3.09. The first-order valence-electron chi connectivity index (χ1n) is 8.38. The molecule has 2 atom stereocenters. The minimum Gasteiger partial charge on any atom is -0.318 e. The predicted molar refractivity (Wildman–Crippen MR) is 91.9 cm³/mol. The van der Waals surface area contributed by atoms with E-state index in [4.69, 9.17) is 0 Å². The van der Waals surface area contributed by atoms with Crippen LogP contribution in [0.5, 0.6) is 0 Å². The van der Waals surface area contributed by atoms with Crippen molar-refractivity contribution in [3.63, 3.8) is 0 Å². The van der Waals surface area contributed by atoms with Gasteiger partial charge in [-0.3, -0.25) is 4.68 Å². The van der Waals surface area contributed by atoms with Gasteiger partial charge in [0.1, 0.15) is 0 Å². The maximum Gasteiger partial charge on any atom is 0.322 e. The van der Waals surface area contributed by atoms with E-state index in [1.807, 2.05) is 18.5 Å². The van der Waals surface area contributed by atoms with Crippen molar-refractivity contribution in [1.29, 1.82) is 0 Å². The van der Waals surface area contributed by atoms with Gasteiger partial charge >= 0.3 is 6.03 Å². The van der Waals surface area contributed by atoms with Crippen LogP contribution in [0.2, 0.25) is 0 Å². The normalized spacial score (nSPS) is 25.5. The Kier molecular flexibility index (Phi) is 4.56. The van der Waals surface area contributed by atoms with Crippen LogP contribution in [0.1, 0.15) is 24.7 Å². The van der Waals surface area contributed by atoms with E-state index in [0.717, 1.165) is 30.0 Å². The molecule has 2 N–H and O–H groups in total. The molecule has 0 spiro atoms. The number of piperazine rings is 1. The van der Waals surface area contributed by atoms with Gasteiger partial charge in [0, 0.05) is 25.7 Å². The average Bonchev–Trinajstić information content (AvgIpc) is 2.96. The number of amides is 2. The standard InChI is InChI=1S/C15H25N5O3S/c1-4-6-20-11(3)14(10(2)18-20)17-15(21)19-7-5-16-12-8-24(22,23)9-13(12)19/h12-13,16H,4-9H2,1-3H3,(H,17,21)/t12-,13+/m1/s1. The fourth-order valence-electron chi connectivity index (χ4n) is 3.61. The molecule has 1 aromatic heterocycles. The van der Waals surface area contributed by atoms with Crippen LogP contribution in [0.25, 0.3) is 0 Å². The number of sulfone groups is 1. The van der Waals surface area contributed by atoms with Gasteiger partial charge < -0.3 is 15.5 Å². The highest BCUT2D eigenvalue weighted by Crippen LogP contribution is 2.24. The van der Waals surface area contributed by atoms with Gasteiger partial charge in [0.2, 0.25) is 0 Å². The largest absolute Gasteiger partial charge is 0.322 e. The van der Waals surface area contributed by atoms with E-state index in [9.17, 15) is 13.2 Å². The highest BCUT2D eigenvalue weighted by Gasteiger charge is 2.44. The molecule has 2 fully saturated rings. The highest BCUT2D eigenvalue weighted by molar-refractivity contribution is 7.91. The maximum absolute atomic E-state index is 12.7. The molecule has 0 aromatic carbocycles. The number of carbonyl (C=O) groups excluding carboxylic acids is 1. The molecule has 2 aliphatic heterocycles. The van der Waals surface area contributed by atoms with E-state index < -0.39 is 9.84 Å². The number of aromatic nitrogens is 2. The topological polar surface area (TPSA) is 96.3 Å². The number of carbonyl (C=O) groups is 1. The van der Waals surface area contributed by atoms with Crippen LogP contribution in [-0.2, 0) is 16.4 Å². The molecule has 134 valence electrons. The van der Waals surface area contributed by atoms with Crippen LogP contribution < -0.4 is 10.6 Å². The zero-order chi connectivity index (χ0) is 17.5. The van der Waals surface area contributed by atoms with Gasteiger partial charge in [0.25, 0.3) is 0 Å². The predicted octanol–water partition coefficient (Wildman–Crippen LogP) is 0.513. The lowest BCUT2D eigenvalue weighted by Crippen LogP contribution is -2.59. The fraction of sp³-hybridized carbons (Fsp3) is 0.733. The van der Waals surface area contributed by atoms with Crippen molar-refractivity contribution in [3.8, 4) is 0 Å². The summed E-state index contributed by atoms with van der Waals surface area (Å²) < 4.78 is 25.7. The Balaban J connectivity index is 1.78. The first kappa shape index (κ1) is 17.2. The van der Waals surface area contributed by atoms with Crippen molar-refractivity contribution in [2.24, 2.45) is 0 Å². The lowest BCUT2D eigenvalue weighted by Gasteiger charge is -2.37. The molecular formula is C15H25N5O3S. The van der Waals surface area contributed by atoms with Crippen molar-refractivity contribution < 1.29 is 13.2 Å². The Bertz CT molecular complexity index is 743. The summed E-state index contributed by atoms with van der Waals surface area (Å²) in [6, 6.07) is -0.708. The molecule has 0 unspecified atom stereocenters. The monoisotopic (exact) mass is 355 g/mol. The molecule has 3 rings (SSSR count). The molecule has 0 bridgehead atoms. The van der Waals surface area contributed by atoms with E-state index in [-0.39, 0.29) is 29.6 Å². The number of nitrogens with zero attached hydrogens (tertiary/aromatic N) is 3. The summed E-state index contributed by atoms with van der Waals surface area (Å²) >= 11 is 0. The molecule has 2 saturated heterocycles. The van der Waals surface area contributed by atoms with E-state index in [1.54, 1.807) is 4.90 Å². The second kappa shape index (κ2) is 6.36. The fourth-order valence-corrected chi connectivity index (χ4v) is 5.56. The third kappa shape index (κ3) is 3.14. The Labute approximate surface area is 142 Å². The van der Waals surface area contributed by atoms with E-state index >= 15 is 0 Å². The molecule has 24 heavy (non-hydrogen) atoms. The molecular weight excluding hydrogens is 330 g/mol. The third-order valence-electron chi connectivity index (χ3n) is 4.79. The summed E-state index contributed by atoms with van der Waals surface area (Å²) in [5.74, 6) is 0.138. The lowest BCUT2D eigenvalue weighted by atomic mass is 10.1. The van der Waals surface area contributed by atoms with Crippen LogP contribution >= 0.6 is 0 Å². The molecule has 2 aliphatic rings. The van der Waals surface area contributed by atoms with E-state index in [2.05, 4.69) is 22.7 Å². The average molecular weight is 355 g/mol. The molecule has 1 aromatic rings. The van der Waals surface area contributed by atoms with Crippen molar-refractivity contribution >= 4 is 21.6 Å². The van der Waals surface area contributed by atoms with Gasteiger partial charge in [-0.1, -0.05) is 6.92 Å². The minimum atomic E-state index is -3.09. The van der Waals surface area contributed by atoms with Crippen molar-refractivity contribution in [2.75, 3.05) is 29.9 Å². The third-order valence-corrected chi connectivity index (χ3v) is 6.51. The van der Waals surface area contributed by atoms with Crippen LogP contribution in [0, 0.1) is 13.8 Å². The van der Waals surface area contributed by atoms with E-state index in [1.165, 1.54) is 0 Å². The zero-order valence-corrected chi connectivity index (χ0v) is 15.2. The van der Waals surface area contributed by atoms with Gasteiger partial charge in [-0.15, -0.1) is 0 Å². The van der Waals surface area contributed by atoms with E-state index in [0.29, 0.717) is 13.1 Å². The van der Waals surface area contributed by atoms with Crippen molar-refractivity contribution in [1.82, 2.24) is 20.0 Å². The van der Waals surface area contributed by atoms with Crippen LogP contribution in [0.15, 0.2) is 0 Å². The summed E-state index contributed by atoms with van der Waals surface area (Å²) in [6.45, 7) is 7.80. The Morgan fingerprint density at radius 3 is 2.83 bits per heavy atom. The number of aryl methyl sites for hydroxylation is 2. The Morgan fingerprint density at radius 2 is 2.12 bits per heavy atom. The number of anilines is 1. The Hall–Kier alpha value is -1.61. The first-order chi connectivity index (χ1) is 11.3. The summed E-state index contributed by atoms with van der Waals surface area (Å²) in [5, 5.41) is 10.6. The highest BCUT2D eigenvalue weighted by atomic mass is 32.2. The lowest BCUT2D eigenvalue weighted by molar-refractivity contribution is 0.163. The number of nitrogens with one attached hydrogen (secondary N) is 2. The summed E-state index contributed by atoms with van der Waals surface area (Å²) in [4.78, 5) is 14.4. The number of hydrogen-bond donors (Lipinski definition) is 2. The molecule has 0 saturated carbocycles. The molecule has 9 heteroatoms. The van der Waals surface area contributed by atoms with Gasteiger partial charge in [-0.2, -0.15) is 5.10 Å². The quantitative estimate of drug-likeness (QED) is 0.824. The Morgan fingerprint density at radius 1 is 1.38 bits per heavy atom. The molecule has 3 heterocycles. The minimum absolute atomic E-state index is 0.0329. The first-order valence-corrected chi connectivity index (χ1v) is 10.2. The number of fused-ring (bicyclic) bond motifs is 1. The van der Waals surface area contributed by atoms with Gasteiger partial charge in [-0.05, 0) is 20.3 Å². The van der Waals surface area contributed by atoms with Crippen LogP contribution in [0.3, 0.4) is 0 Å². The molecule has 2 amide bonds. The molecule has 8 nitrogen and oxygen atoms in total. The van der Waals surface area contributed by atoms with Crippen LogP contribution in [0.4, 0.5) is 10.5 Å². The van der Waals surface area contributed by atoms with Crippen LogP contribution in [-0.4, -0.2) is 65.8 Å². The second-order valence-corrected chi connectivity index (χ2v) is 8.75. The zero-order valence-electron chi connectivity index (χ0n) is 14.4. The van der Waals surface area contributed by atoms with Gasteiger partial charge in [-0.25, -0.2) is 13.2 Å². The van der Waals surface area contributed by atoms with Gasteiger partial charge in [0.05, 0.1) is 34.6 Å². The summed E-state index contributed by atoms with van der Waals surface area (Å²) in [6.07, 6.45) is 0.967. The second-order valence-electron chi connectivity index (χ2n) is 6.60. The SMILES string of the molecule is CCCn1nc(C)c(NC(=O)N2CCN[C@@H]3CS(=O)(=O)C[C@@H]32)c1C. The summed E-state index contributed by atoms with van der Waals surface area (Å²) in [5.41, 5.74) is 2.43. The smallest absolute Gasteiger partial charge is 0.318 e. The number of hydrogen-bond acceptors (Lipinski definition) is 5. The molecule has 0 radical (unpaired) electrons. The van der Waals surface area contributed by atoms with Crippen molar-refractivity contribution in [2.45, 2.75) is 45.8 Å². The van der Waals surface area contributed by atoms with Gasteiger partial charge in [0.15, 0.2) is 9.84 Å². The van der Waals surface area contributed by atoms with Crippen molar-refractivity contribution in [3.05, 3.63) is 11.4 Å². The number of rotatable bonds is 3.